The molecule has 0 aliphatic rings. The largest absolute Gasteiger partial charge is 0.418 e. The van der Waals surface area contributed by atoms with Gasteiger partial charge in [-0.25, -0.2) is 0 Å². The van der Waals surface area contributed by atoms with E-state index < -0.39 is 142 Å². The molecule has 0 radical (unpaired) electrons. The summed E-state index contributed by atoms with van der Waals surface area (Å²) < 4.78 is 119. The second-order valence-corrected chi connectivity index (χ2v) is 29.0. The standard InChI is InChI=1S/C28H38F3N5O3.C26H32BrF3N4O3.C23H27F3N4O3.12H2/c1-7-33-22-12-20(11-21(13-22)28(29,30)31)25(38)34-16-24(37)35-23(26(39)36-27(4,5)6)15-32-14-19-9-8-17(2)10-18(19)3;1-15-10-18(27)9-8-16(15)12-32-13-17(23(36)34-25(2,3)4)11-19(35)14-33-24(37)20-6-5-7-21(22(20)31)26(28,29)30;1-13-6-7-15(14(2)8-13)10-29-11-16(21(28)32)9-17(31)12-30-22(33)18-4-3-5-19(20(18)27)23(24,25)26;;;;;;;;;;;;/h8-13,23,32-33H,7,14-16H2,1-6H3,(H,34,38)(H,35,37)(H,36,39);5-10,17,32H,11-14,31H2,1-4H3,(H,33,37)(H,34,36);3-8,16,29H,9-12,27H2,1-2H3,(H2,28,32)(H,30,33);12*1H/t23-;17-;16-;;;;;;;;;;;;/m000............/s1. The maximum absolute atomic E-state index is 13.3. The summed E-state index contributed by atoms with van der Waals surface area (Å²) in [5, 5.41) is 27.5. The van der Waals surface area contributed by atoms with Gasteiger partial charge >= 0.3 is 18.5 Å². The first-order chi connectivity index (χ1) is 50.6. The zero-order valence-corrected chi connectivity index (χ0v) is 64.4. The van der Waals surface area contributed by atoms with Crippen LogP contribution < -0.4 is 70.4 Å². The number of alkyl halides is 9. The van der Waals surface area contributed by atoms with Crippen molar-refractivity contribution in [3.8, 4) is 0 Å². The fourth-order valence-electron chi connectivity index (χ4n) is 10.7. The van der Waals surface area contributed by atoms with Crippen LogP contribution in [0.5, 0.6) is 0 Å². The van der Waals surface area contributed by atoms with Crippen LogP contribution in [0.25, 0.3) is 0 Å². The van der Waals surface area contributed by atoms with E-state index in [1.807, 2.05) is 125 Å². The number of amides is 7. The van der Waals surface area contributed by atoms with Crippen molar-refractivity contribution in [2.24, 2.45) is 17.6 Å². The van der Waals surface area contributed by atoms with Gasteiger partial charge in [-0.05, 0) is 171 Å². The molecule has 0 heterocycles. The Bertz CT molecular complexity index is 4250. The Morgan fingerprint density at radius 2 is 0.908 bits per heavy atom. The lowest BCUT2D eigenvalue weighted by molar-refractivity contribution is -0.138. The molecule has 0 aliphatic heterocycles. The number of ketones is 2. The van der Waals surface area contributed by atoms with E-state index in [-0.39, 0.29) is 77.9 Å². The lowest BCUT2D eigenvalue weighted by Crippen LogP contribution is -2.56. The van der Waals surface area contributed by atoms with Gasteiger partial charge in [0.15, 0.2) is 11.6 Å². The number of para-hydroxylation sites is 2. The molecule has 0 saturated carbocycles. The molecule has 0 unspecified atom stereocenters. The lowest BCUT2D eigenvalue weighted by Gasteiger charge is -2.26. The summed E-state index contributed by atoms with van der Waals surface area (Å²) in [7, 11) is 0. The fourth-order valence-corrected chi connectivity index (χ4v) is 11.2. The monoisotopic (exact) mass is 1620 g/mol. The van der Waals surface area contributed by atoms with Crippen LogP contribution in [0.3, 0.4) is 0 Å². The van der Waals surface area contributed by atoms with Gasteiger partial charge in [0, 0.05) is 103 Å². The summed E-state index contributed by atoms with van der Waals surface area (Å²) in [5.74, 6) is -7.23. The number of hydrogen-bond donors (Lipinski definition) is 13. The Hall–Kier alpha value is -9.92. The molecule has 7 amide bonds. The van der Waals surface area contributed by atoms with Crippen LogP contribution >= 0.6 is 15.9 Å². The summed E-state index contributed by atoms with van der Waals surface area (Å²) in [6, 6.07) is 25.8. The predicted molar refractivity (Wildman–Crippen MR) is 429 cm³/mol. The third kappa shape index (κ3) is 31.7. The molecule has 32 heteroatoms. The van der Waals surface area contributed by atoms with E-state index in [0.29, 0.717) is 26.2 Å². The maximum atomic E-state index is 13.3. The number of primary amides is 1. The third-order valence-corrected chi connectivity index (χ3v) is 16.8. The first kappa shape index (κ1) is 91.5. The molecule has 6 aromatic rings. The molecule has 0 aliphatic carbocycles. The Labute approximate surface area is 654 Å². The minimum absolute atomic E-state index is 0. The third-order valence-electron chi connectivity index (χ3n) is 16.3. The highest BCUT2D eigenvalue weighted by atomic mass is 79.9. The lowest BCUT2D eigenvalue weighted by atomic mass is 9.98. The molecule has 0 saturated heterocycles. The Morgan fingerprint density at radius 1 is 0.486 bits per heavy atom. The van der Waals surface area contributed by atoms with Gasteiger partial charge in [0.05, 0.1) is 70.7 Å². The number of rotatable bonds is 31. The van der Waals surface area contributed by atoms with Crippen LogP contribution in [0.15, 0.2) is 114 Å². The zero-order valence-electron chi connectivity index (χ0n) is 62.8. The number of aryl methyl sites for hydroxylation is 5. The van der Waals surface area contributed by atoms with Gasteiger partial charge in [0.2, 0.25) is 23.6 Å². The Morgan fingerprint density at radius 3 is 1.33 bits per heavy atom. The van der Waals surface area contributed by atoms with Crippen LogP contribution in [0.2, 0.25) is 0 Å². The summed E-state index contributed by atoms with van der Waals surface area (Å²) in [5.41, 5.74) is 18.4. The van der Waals surface area contributed by atoms with Crippen molar-refractivity contribution in [2.75, 3.05) is 62.6 Å². The highest BCUT2D eigenvalue weighted by Gasteiger charge is 2.37. The highest BCUT2D eigenvalue weighted by molar-refractivity contribution is 9.10. The molecule has 6 rings (SSSR count). The molecule has 109 heavy (non-hydrogen) atoms. The molecule has 0 bridgehead atoms. The smallest absolute Gasteiger partial charge is 0.398 e. The van der Waals surface area contributed by atoms with Crippen LogP contribution in [-0.2, 0) is 66.9 Å². The predicted octanol–water partition coefficient (Wildman–Crippen LogP) is 13.5. The second-order valence-electron chi connectivity index (χ2n) is 28.1. The number of anilines is 3. The van der Waals surface area contributed by atoms with Crippen molar-refractivity contribution in [1.82, 2.24) is 47.9 Å². The second kappa shape index (κ2) is 41.0. The van der Waals surface area contributed by atoms with Crippen molar-refractivity contribution in [2.45, 2.75) is 151 Å². The maximum Gasteiger partial charge on any atom is 0.418 e. The molecule has 0 aromatic heterocycles. The van der Waals surface area contributed by atoms with Crippen molar-refractivity contribution in [3.63, 3.8) is 0 Å². The number of nitrogens with two attached hydrogens (primary N) is 3. The number of nitrogen functional groups attached to an aromatic ring is 2. The van der Waals surface area contributed by atoms with E-state index in [1.165, 1.54) is 6.07 Å². The number of carbonyl (C=O) groups excluding carboxylic acids is 9. The van der Waals surface area contributed by atoms with Crippen molar-refractivity contribution in [3.05, 3.63) is 192 Å². The molecule has 0 fully saturated rings. The summed E-state index contributed by atoms with van der Waals surface area (Å²) in [6.45, 7) is 23.3. The molecule has 618 valence electrons. The average molecular weight is 1620 g/mol. The fraction of sp³-hybridized carbons (Fsp3) is 0.416. The molecule has 3 atom stereocenters. The minimum Gasteiger partial charge on any atom is -0.398 e. The first-order valence-corrected chi connectivity index (χ1v) is 35.3. The Kier molecular flexibility index (Phi) is 34.4. The SMILES string of the molecule is CCNc1cc(C(=O)NCC(=O)N[C@@H](CNCc2ccc(C)cc2C)C(=O)NC(C)(C)C)cc(C(F)(F)F)c1.Cc1cc(Br)ccc1CNC[C@H](CC(=O)CNC(=O)c1cccc(C(F)(F)F)c1N)C(=O)NC(C)(C)C.Cc1ccc(CNC[C@H](CC(=O)CNC(=O)c2cccc(C(F)(F)F)c2N)C(N)=O)c(C)c1.[HH].[HH].[HH].[HH].[HH].[HH].[HH].[HH].[HH].[HH].[HH].[HH]. The number of benzene rings is 6. The average Bonchev–Trinajstić information content (AvgIpc) is 0.837. The highest BCUT2D eigenvalue weighted by Crippen LogP contribution is 2.37. The van der Waals surface area contributed by atoms with Gasteiger partial charge in [0.25, 0.3) is 17.7 Å². The van der Waals surface area contributed by atoms with Gasteiger partial charge in [0.1, 0.15) is 6.04 Å². The van der Waals surface area contributed by atoms with Crippen LogP contribution in [0.1, 0.15) is 171 Å². The van der Waals surface area contributed by atoms with E-state index in [1.54, 1.807) is 6.92 Å². The van der Waals surface area contributed by atoms with Gasteiger partial charge in [-0.15, -0.1) is 0 Å². The molecule has 16 N–H and O–H groups in total. The van der Waals surface area contributed by atoms with Crippen LogP contribution in [0, 0.1) is 46.5 Å². The number of nitrogens with one attached hydrogen (secondary N) is 10. The molecule has 22 nitrogen and oxygen atoms in total. The van der Waals surface area contributed by atoms with Gasteiger partial charge in [-0.1, -0.05) is 81.7 Å². The number of Topliss-reactive ketones (excluding diaryl/α,β-unsaturated/α-hetero) is 2. The van der Waals surface area contributed by atoms with Gasteiger partial charge in [-0.2, -0.15) is 39.5 Å². The van der Waals surface area contributed by atoms with Crippen LogP contribution in [-0.4, -0.2) is 116 Å². The van der Waals surface area contributed by atoms with Crippen LogP contribution in [0.4, 0.5) is 56.6 Å². The zero-order chi connectivity index (χ0) is 82.1. The molecular formula is C77H121BrF9N13O9. The number of halogens is 10. The van der Waals surface area contributed by atoms with E-state index in [4.69, 9.17) is 17.2 Å². The molecular weight excluding hydrogens is 1500 g/mol. The topological polar surface area (TPSA) is 352 Å². The summed E-state index contributed by atoms with van der Waals surface area (Å²) in [6.07, 6.45) is -14.5. The summed E-state index contributed by atoms with van der Waals surface area (Å²) in [4.78, 5) is 112. The quantitative estimate of drug-likeness (QED) is 0.0142. The number of hydrogen-bond acceptors (Lipinski definition) is 15. The van der Waals surface area contributed by atoms with Crippen molar-refractivity contribution in [1.29, 1.82) is 0 Å². The summed E-state index contributed by atoms with van der Waals surface area (Å²) >= 11 is 3.42. The van der Waals surface area contributed by atoms with E-state index in [2.05, 4.69) is 75.2 Å². The Balaban J connectivity index is -0.000000212. The first-order valence-electron chi connectivity index (χ1n) is 34.5. The normalized spacial score (nSPS) is 12.5. The minimum atomic E-state index is -4.72. The van der Waals surface area contributed by atoms with Gasteiger partial charge in [-0.3, -0.25) is 43.2 Å². The van der Waals surface area contributed by atoms with Gasteiger partial charge < -0.3 is 70.4 Å². The van der Waals surface area contributed by atoms with Crippen molar-refractivity contribution >= 4 is 85.9 Å². The molecule has 6 aromatic carbocycles. The van der Waals surface area contributed by atoms with E-state index in [9.17, 15) is 82.7 Å². The molecule has 0 spiro atoms. The number of carbonyl (C=O) groups is 9. The van der Waals surface area contributed by atoms with Crippen molar-refractivity contribution < 1.29 is 99.8 Å². The van der Waals surface area contributed by atoms with E-state index in [0.717, 1.165) is 97.5 Å². The van der Waals surface area contributed by atoms with E-state index >= 15 is 0 Å².